The Hall–Kier alpha value is -2.56. The summed E-state index contributed by atoms with van der Waals surface area (Å²) in [6.07, 6.45) is 6.40. The molecule has 0 radical (unpaired) electrons. The molecule has 4 rings (SSSR count). The molecular formula is C16H15N3O2. The molecule has 1 aliphatic carbocycles. The largest absolute Gasteiger partial charge is 0.469 e. The maximum atomic E-state index is 12.1. The molecule has 5 heteroatoms. The summed E-state index contributed by atoms with van der Waals surface area (Å²) in [4.78, 5) is 16.6. The maximum absolute atomic E-state index is 12.1. The van der Waals surface area contributed by atoms with Gasteiger partial charge in [0, 0.05) is 24.2 Å². The number of furan rings is 1. The number of pyridine rings is 1. The topological polar surface area (TPSA) is 59.5 Å². The lowest BCUT2D eigenvalue weighted by Crippen LogP contribution is -2.25. The zero-order chi connectivity index (χ0) is 14.2. The molecule has 1 aliphatic rings. The second-order valence-corrected chi connectivity index (χ2v) is 5.38. The van der Waals surface area contributed by atoms with Gasteiger partial charge in [-0.15, -0.1) is 0 Å². The van der Waals surface area contributed by atoms with Gasteiger partial charge >= 0.3 is 0 Å². The van der Waals surface area contributed by atoms with Crippen molar-refractivity contribution in [3.63, 3.8) is 0 Å². The van der Waals surface area contributed by atoms with Crippen LogP contribution in [0.15, 0.2) is 53.4 Å². The van der Waals surface area contributed by atoms with Gasteiger partial charge in [-0.2, -0.15) is 0 Å². The number of nitrogens with one attached hydrogen (secondary N) is 1. The maximum Gasteiger partial charge on any atom is 0.224 e. The summed E-state index contributed by atoms with van der Waals surface area (Å²) >= 11 is 0. The minimum absolute atomic E-state index is 0.0354. The summed E-state index contributed by atoms with van der Waals surface area (Å²) < 4.78 is 7.29. The number of aromatic nitrogens is 2. The molecule has 0 bridgehead atoms. The fourth-order valence-electron chi connectivity index (χ4n) is 2.68. The van der Waals surface area contributed by atoms with Gasteiger partial charge in [-0.3, -0.25) is 4.79 Å². The Bertz CT molecular complexity index is 743. The predicted molar refractivity (Wildman–Crippen MR) is 76.6 cm³/mol. The van der Waals surface area contributed by atoms with Crippen molar-refractivity contribution in [3.05, 3.63) is 60.4 Å². The molecule has 3 heterocycles. The van der Waals surface area contributed by atoms with E-state index in [0.717, 1.165) is 23.5 Å². The van der Waals surface area contributed by atoms with Crippen LogP contribution in [0.25, 0.3) is 5.65 Å². The lowest BCUT2D eigenvalue weighted by molar-refractivity contribution is -0.122. The third kappa shape index (κ3) is 2.31. The second kappa shape index (κ2) is 4.77. The van der Waals surface area contributed by atoms with Gasteiger partial charge in [-0.05, 0) is 30.7 Å². The standard InChI is InChI=1S/C16H15N3O2/c20-16(13-8-12(13)14-4-3-7-21-14)17-9-11-10-19-6-2-1-5-15(19)18-11/h1-7,10,12-13H,8-9H2,(H,17,20)/t12-,13-/m1/s1. The zero-order valence-electron chi connectivity index (χ0n) is 11.4. The number of nitrogens with zero attached hydrogens (tertiary/aromatic N) is 2. The van der Waals surface area contributed by atoms with E-state index in [2.05, 4.69) is 10.3 Å². The van der Waals surface area contributed by atoms with Crippen LogP contribution in [0.3, 0.4) is 0 Å². The van der Waals surface area contributed by atoms with E-state index in [1.165, 1.54) is 0 Å². The van der Waals surface area contributed by atoms with Crippen molar-refractivity contribution in [3.8, 4) is 0 Å². The molecule has 0 aliphatic heterocycles. The van der Waals surface area contributed by atoms with Crippen LogP contribution >= 0.6 is 0 Å². The smallest absolute Gasteiger partial charge is 0.224 e. The Labute approximate surface area is 121 Å². The van der Waals surface area contributed by atoms with Gasteiger partial charge in [0.1, 0.15) is 11.4 Å². The number of carbonyl (C=O) groups is 1. The van der Waals surface area contributed by atoms with Gasteiger partial charge in [0.2, 0.25) is 5.91 Å². The minimum Gasteiger partial charge on any atom is -0.469 e. The van der Waals surface area contributed by atoms with Gasteiger partial charge < -0.3 is 14.1 Å². The average Bonchev–Trinajstić information content (AvgIpc) is 2.96. The Kier molecular flexibility index (Phi) is 2.77. The van der Waals surface area contributed by atoms with Crippen molar-refractivity contribution < 1.29 is 9.21 Å². The number of fused-ring (bicyclic) bond motifs is 1. The molecule has 0 aromatic carbocycles. The van der Waals surface area contributed by atoms with Crippen LogP contribution in [0, 0.1) is 5.92 Å². The molecule has 21 heavy (non-hydrogen) atoms. The highest BCUT2D eigenvalue weighted by Crippen LogP contribution is 2.47. The SMILES string of the molecule is O=C(NCc1cn2ccccc2n1)[C@@H]1C[C@H]1c1ccco1. The van der Waals surface area contributed by atoms with Gasteiger partial charge in [-0.25, -0.2) is 4.98 Å². The highest BCUT2D eigenvalue weighted by Gasteiger charge is 2.45. The number of hydrogen-bond donors (Lipinski definition) is 1. The molecule has 106 valence electrons. The van der Waals surface area contributed by atoms with Crippen molar-refractivity contribution in [2.45, 2.75) is 18.9 Å². The normalized spacial score (nSPS) is 20.6. The molecule has 1 amide bonds. The zero-order valence-corrected chi connectivity index (χ0v) is 11.4. The Morgan fingerprint density at radius 3 is 3.14 bits per heavy atom. The minimum atomic E-state index is 0.0354. The van der Waals surface area contributed by atoms with Crippen molar-refractivity contribution in [2.24, 2.45) is 5.92 Å². The predicted octanol–water partition coefficient (Wildman–Crippen LogP) is 2.35. The lowest BCUT2D eigenvalue weighted by Gasteiger charge is -2.01. The summed E-state index contributed by atoms with van der Waals surface area (Å²) in [6.45, 7) is 0.460. The monoisotopic (exact) mass is 281 g/mol. The highest BCUT2D eigenvalue weighted by molar-refractivity contribution is 5.82. The fourth-order valence-corrected chi connectivity index (χ4v) is 2.68. The van der Waals surface area contributed by atoms with Crippen molar-refractivity contribution in [1.82, 2.24) is 14.7 Å². The van der Waals surface area contributed by atoms with Crippen LogP contribution in [0.4, 0.5) is 0 Å². The van der Waals surface area contributed by atoms with E-state index >= 15 is 0 Å². The first-order chi connectivity index (χ1) is 10.3. The van der Waals surface area contributed by atoms with E-state index in [-0.39, 0.29) is 17.7 Å². The summed E-state index contributed by atoms with van der Waals surface area (Å²) in [7, 11) is 0. The first-order valence-electron chi connectivity index (χ1n) is 7.05. The molecule has 3 aromatic heterocycles. The van der Waals surface area contributed by atoms with Gasteiger partial charge in [0.25, 0.3) is 0 Å². The van der Waals surface area contributed by atoms with Gasteiger partial charge in [0.05, 0.1) is 18.5 Å². The Balaban J connectivity index is 1.38. The fraction of sp³-hybridized carbons (Fsp3) is 0.250. The van der Waals surface area contributed by atoms with Crippen LogP contribution in [0.5, 0.6) is 0 Å². The first kappa shape index (κ1) is 12.2. The second-order valence-electron chi connectivity index (χ2n) is 5.38. The molecule has 3 aromatic rings. The summed E-state index contributed by atoms with van der Waals surface area (Å²) in [5, 5.41) is 2.96. The average molecular weight is 281 g/mol. The summed E-state index contributed by atoms with van der Waals surface area (Å²) in [5.41, 5.74) is 1.76. The summed E-state index contributed by atoms with van der Waals surface area (Å²) in [5.74, 6) is 1.26. The molecule has 1 fully saturated rings. The van der Waals surface area contributed by atoms with E-state index in [0.29, 0.717) is 6.54 Å². The molecule has 0 saturated heterocycles. The van der Waals surface area contributed by atoms with Gasteiger partial charge in [0.15, 0.2) is 0 Å². The third-order valence-corrected chi connectivity index (χ3v) is 3.89. The molecule has 1 saturated carbocycles. The van der Waals surface area contributed by atoms with E-state index in [4.69, 9.17) is 4.42 Å². The number of carbonyl (C=O) groups excluding carboxylic acids is 1. The van der Waals surface area contributed by atoms with Crippen LogP contribution in [-0.4, -0.2) is 15.3 Å². The van der Waals surface area contributed by atoms with Crippen LogP contribution in [-0.2, 0) is 11.3 Å². The number of amides is 1. The molecule has 1 N–H and O–H groups in total. The Morgan fingerprint density at radius 1 is 1.38 bits per heavy atom. The van der Waals surface area contributed by atoms with E-state index < -0.39 is 0 Å². The number of rotatable bonds is 4. The van der Waals surface area contributed by atoms with Crippen molar-refractivity contribution in [2.75, 3.05) is 0 Å². The van der Waals surface area contributed by atoms with Gasteiger partial charge in [-0.1, -0.05) is 6.07 Å². The summed E-state index contributed by atoms with van der Waals surface area (Å²) in [6, 6.07) is 9.64. The lowest BCUT2D eigenvalue weighted by atomic mass is 10.2. The van der Waals surface area contributed by atoms with E-state index in [1.54, 1.807) is 6.26 Å². The van der Waals surface area contributed by atoms with Crippen LogP contribution in [0.2, 0.25) is 0 Å². The first-order valence-corrected chi connectivity index (χ1v) is 7.05. The molecule has 2 atom stereocenters. The van der Waals surface area contributed by atoms with Crippen molar-refractivity contribution >= 4 is 11.6 Å². The molecule has 0 unspecified atom stereocenters. The van der Waals surface area contributed by atoms with Crippen LogP contribution in [0.1, 0.15) is 23.8 Å². The number of imidazole rings is 1. The Morgan fingerprint density at radius 2 is 2.33 bits per heavy atom. The molecular weight excluding hydrogens is 266 g/mol. The van der Waals surface area contributed by atoms with E-state index in [1.807, 2.05) is 47.1 Å². The molecule has 0 spiro atoms. The van der Waals surface area contributed by atoms with Crippen molar-refractivity contribution in [1.29, 1.82) is 0 Å². The highest BCUT2D eigenvalue weighted by atomic mass is 16.3. The third-order valence-electron chi connectivity index (χ3n) is 3.89. The molecule has 5 nitrogen and oxygen atoms in total. The van der Waals surface area contributed by atoms with Crippen LogP contribution < -0.4 is 5.32 Å². The van der Waals surface area contributed by atoms with E-state index in [9.17, 15) is 4.79 Å². The number of hydrogen-bond acceptors (Lipinski definition) is 3. The quantitative estimate of drug-likeness (QED) is 0.798.